The maximum absolute atomic E-state index is 11.9. The highest BCUT2D eigenvalue weighted by Crippen LogP contribution is 2.24. The normalized spacial score (nSPS) is 14.7. The number of hydrogen-bond donors (Lipinski definition) is 0. The second-order valence-electron chi connectivity index (χ2n) is 4.58. The van der Waals surface area contributed by atoms with Crippen molar-refractivity contribution < 1.29 is 31.1 Å². The molecule has 114 valence electrons. The fourth-order valence-corrected chi connectivity index (χ4v) is 2.93. The van der Waals surface area contributed by atoms with Gasteiger partial charge in [-0.2, -0.15) is 26.0 Å². The number of sulfonamides is 1. The molecule has 0 heterocycles. The molecule has 0 saturated heterocycles. The van der Waals surface area contributed by atoms with Crippen LogP contribution in [-0.2, 0) is 14.4 Å². The molecule has 19 heavy (non-hydrogen) atoms. The summed E-state index contributed by atoms with van der Waals surface area (Å²) >= 11 is 0. The lowest BCUT2D eigenvalue weighted by atomic mass is 10.2. The standard InChI is InChI=1S/C9H18F3NO4SSi/c1-17-19(2,3)7-5-4-6-8(14)13-18(15,16)9(10,11)12/h4-7H2,1-3H3,(H,13,14)/p-1. The average molecular weight is 320 g/mol. The van der Waals surface area contributed by atoms with Crippen molar-refractivity contribution in [3.05, 3.63) is 0 Å². The fourth-order valence-electron chi connectivity index (χ4n) is 1.16. The van der Waals surface area contributed by atoms with Gasteiger partial charge in [0.25, 0.3) is 0 Å². The Hall–Kier alpha value is -0.613. The molecule has 0 aromatic rings. The summed E-state index contributed by atoms with van der Waals surface area (Å²) in [7, 11) is -5.89. The lowest BCUT2D eigenvalue weighted by Crippen LogP contribution is -2.28. The van der Waals surface area contributed by atoms with E-state index in [0.717, 1.165) is 6.04 Å². The molecule has 0 rings (SSSR count). The molecular weight excluding hydrogens is 303 g/mol. The number of rotatable bonds is 7. The van der Waals surface area contributed by atoms with Gasteiger partial charge in [-0.05, 0) is 37.9 Å². The largest absolute Gasteiger partial charge is 0.861 e. The SMILES string of the molecule is CO[Si](C)(C)CCCC/C([O-])=N/S(=O)(=O)C(F)(F)F. The van der Waals surface area contributed by atoms with Gasteiger partial charge in [0.1, 0.15) is 0 Å². The van der Waals surface area contributed by atoms with E-state index in [0.29, 0.717) is 6.42 Å². The van der Waals surface area contributed by atoms with Crippen molar-refractivity contribution in [2.75, 3.05) is 7.11 Å². The van der Waals surface area contributed by atoms with Gasteiger partial charge in [-0.1, -0.05) is 6.42 Å². The van der Waals surface area contributed by atoms with Gasteiger partial charge in [-0.15, -0.1) is 0 Å². The van der Waals surface area contributed by atoms with Crippen LogP contribution in [0.2, 0.25) is 19.1 Å². The summed E-state index contributed by atoms with van der Waals surface area (Å²) in [5, 5.41) is 11.0. The van der Waals surface area contributed by atoms with Gasteiger partial charge in [0.05, 0.1) is 0 Å². The lowest BCUT2D eigenvalue weighted by Gasteiger charge is -2.19. The summed E-state index contributed by atoms with van der Waals surface area (Å²) in [6.07, 6.45) is 0.555. The molecule has 0 bridgehead atoms. The molecule has 0 fully saturated rings. The Kier molecular flexibility index (Phi) is 6.49. The highest BCUT2D eigenvalue weighted by Gasteiger charge is 2.45. The molecule has 0 radical (unpaired) electrons. The van der Waals surface area contributed by atoms with Crippen LogP contribution in [-0.4, -0.2) is 35.3 Å². The van der Waals surface area contributed by atoms with Crippen molar-refractivity contribution in [3.8, 4) is 0 Å². The summed E-state index contributed by atoms with van der Waals surface area (Å²) in [4.78, 5) is 0. The number of alkyl halides is 3. The van der Waals surface area contributed by atoms with Crippen LogP contribution in [0.5, 0.6) is 0 Å². The van der Waals surface area contributed by atoms with Crippen LogP contribution in [0, 0.1) is 0 Å². The van der Waals surface area contributed by atoms with Crippen molar-refractivity contribution in [2.24, 2.45) is 4.40 Å². The molecule has 5 nitrogen and oxygen atoms in total. The summed E-state index contributed by atoms with van der Waals surface area (Å²) < 4.78 is 64.4. The first-order chi connectivity index (χ1) is 8.41. The predicted octanol–water partition coefficient (Wildman–Crippen LogP) is 1.62. The fraction of sp³-hybridized carbons (Fsp3) is 0.889. The van der Waals surface area contributed by atoms with E-state index in [4.69, 9.17) is 4.43 Å². The van der Waals surface area contributed by atoms with Crippen molar-refractivity contribution in [3.63, 3.8) is 0 Å². The van der Waals surface area contributed by atoms with Crippen LogP contribution in [0.3, 0.4) is 0 Å². The minimum atomic E-state index is -5.71. The van der Waals surface area contributed by atoms with E-state index in [-0.39, 0.29) is 12.8 Å². The van der Waals surface area contributed by atoms with Crippen LogP contribution >= 0.6 is 0 Å². The smallest absolute Gasteiger partial charge is 0.518 e. The van der Waals surface area contributed by atoms with Crippen molar-refractivity contribution in [1.82, 2.24) is 0 Å². The van der Waals surface area contributed by atoms with Crippen LogP contribution in [0.25, 0.3) is 0 Å². The summed E-state index contributed by atoms with van der Waals surface area (Å²) in [6.45, 7) is 3.93. The van der Waals surface area contributed by atoms with Crippen molar-refractivity contribution in [2.45, 2.75) is 43.9 Å². The van der Waals surface area contributed by atoms with Gasteiger partial charge in [0, 0.05) is 7.11 Å². The highest BCUT2D eigenvalue weighted by molar-refractivity contribution is 7.91. The van der Waals surface area contributed by atoms with Gasteiger partial charge >= 0.3 is 15.5 Å². The molecule has 0 aliphatic rings. The Balaban J connectivity index is 4.31. The Bertz CT molecular complexity index is 420. The molecular formula is C9H17F3NO4SSi-. The number of halogens is 3. The van der Waals surface area contributed by atoms with E-state index in [1.165, 1.54) is 0 Å². The van der Waals surface area contributed by atoms with Crippen molar-refractivity contribution in [1.29, 1.82) is 0 Å². The second kappa shape index (κ2) is 6.71. The Morgan fingerprint density at radius 1 is 1.32 bits per heavy atom. The minimum Gasteiger partial charge on any atom is -0.861 e. The first-order valence-corrected chi connectivity index (χ1v) is 10.1. The average Bonchev–Trinajstić information content (AvgIpc) is 2.22. The van der Waals surface area contributed by atoms with Gasteiger partial charge in [-0.3, -0.25) is 0 Å². The summed E-state index contributed by atoms with van der Waals surface area (Å²) in [5.41, 5.74) is -5.52. The third kappa shape index (κ3) is 6.92. The molecule has 0 unspecified atom stereocenters. The van der Waals surface area contributed by atoms with Crippen LogP contribution in [0.4, 0.5) is 13.2 Å². The number of hydrogen-bond acceptors (Lipinski definition) is 4. The van der Waals surface area contributed by atoms with Crippen LogP contribution in [0.15, 0.2) is 4.40 Å². The molecule has 0 aromatic carbocycles. The molecule has 0 aliphatic carbocycles. The zero-order valence-electron chi connectivity index (χ0n) is 11.0. The predicted molar refractivity (Wildman–Crippen MR) is 65.6 cm³/mol. The molecule has 0 N–H and O–H groups in total. The molecule has 0 aromatic heterocycles. The second-order valence-corrected chi connectivity index (χ2v) is 10.6. The van der Waals surface area contributed by atoms with Crippen LogP contribution in [0.1, 0.15) is 19.3 Å². The van der Waals surface area contributed by atoms with E-state index < -0.39 is 29.7 Å². The van der Waals surface area contributed by atoms with E-state index in [1.54, 1.807) is 7.11 Å². The van der Waals surface area contributed by atoms with Crippen LogP contribution < -0.4 is 5.11 Å². The van der Waals surface area contributed by atoms with Gasteiger partial charge in [0.15, 0.2) is 8.32 Å². The van der Waals surface area contributed by atoms with E-state index >= 15 is 0 Å². The molecule has 0 aliphatic heterocycles. The van der Waals surface area contributed by atoms with E-state index in [9.17, 15) is 26.7 Å². The zero-order valence-corrected chi connectivity index (χ0v) is 12.8. The third-order valence-electron chi connectivity index (χ3n) is 2.49. The first-order valence-electron chi connectivity index (χ1n) is 5.53. The Morgan fingerprint density at radius 3 is 2.26 bits per heavy atom. The molecule has 0 spiro atoms. The minimum absolute atomic E-state index is 0.287. The lowest BCUT2D eigenvalue weighted by molar-refractivity contribution is -0.218. The topological polar surface area (TPSA) is 78.8 Å². The number of unbranched alkanes of at least 4 members (excludes halogenated alkanes) is 1. The van der Waals surface area contributed by atoms with Gasteiger partial charge in [-0.25, -0.2) is 0 Å². The quantitative estimate of drug-likeness (QED) is 0.309. The van der Waals surface area contributed by atoms with E-state index in [1.807, 2.05) is 13.1 Å². The van der Waals surface area contributed by atoms with Gasteiger partial charge < -0.3 is 9.53 Å². The monoisotopic (exact) mass is 320 g/mol. The van der Waals surface area contributed by atoms with Gasteiger partial charge in [0.2, 0.25) is 0 Å². The summed E-state index contributed by atoms with van der Waals surface area (Å²) in [6, 6.07) is 0.739. The molecule has 10 heteroatoms. The zero-order chi connectivity index (χ0) is 15.3. The van der Waals surface area contributed by atoms with Crippen molar-refractivity contribution >= 4 is 24.2 Å². The molecule has 0 atom stereocenters. The maximum atomic E-state index is 11.9. The van der Waals surface area contributed by atoms with E-state index in [2.05, 4.69) is 4.40 Å². The number of nitrogens with zero attached hydrogens (tertiary/aromatic N) is 1. The molecule has 0 saturated carbocycles. The Morgan fingerprint density at radius 2 is 1.84 bits per heavy atom. The molecule has 0 amide bonds. The Labute approximate surface area is 111 Å². The first kappa shape index (κ1) is 18.4. The summed E-state index contributed by atoms with van der Waals surface area (Å²) in [5.74, 6) is -1.27. The highest BCUT2D eigenvalue weighted by atomic mass is 32.2. The maximum Gasteiger partial charge on any atom is 0.518 e. The third-order valence-corrected chi connectivity index (χ3v) is 6.18.